The second-order valence-electron chi connectivity index (χ2n) is 4.65. The number of nitrogen functional groups attached to an aromatic ring is 1. The first-order valence-electron chi connectivity index (χ1n) is 6.57. The van der Waals surface area contributed by atoms with Gasteiger partial charge < -0.3 is 15.4 Å². The van der Waals surface area contributed by atoms with Crippen LogP contribution >= 0.6 is 11.6 Å². The number of ether oxygens (including phenoxy) is 1. The monoisotopic (exact) mass is 296 g/mol. The van der Waals surface area contributed by atoms with Gasteiger partial charge >= 0.3 is 5.97 Å². The summed E-state index contributed by atoms with van der Waals surface area (Å²) in [6.07, 6.45) is 1.40. The van der Waals surface area contributed by atoms with Crippen molar-refractivity contribution in [3.63, 3.8) is 0 Å². The molecule has 0 spiro atoms. The van der Waals surface area contributed by atoms with E-state index in [1.807, 2.05) is 0 Å². The number of carbonyl (C=O) groups excluding carboxylic acids is 2. The number of carbonyl (C=O) groups is 2. The standard InChI is InChI=1S/C14H17ClN2O3/c1-2-20-14(19)12-4-3-7-17(12)13(18)10-6-5-9(16)8-11(10)15/h5-6,8,12H,2-4,7,16H2,1H3. The normalized spacial score (nSPS) is 18.1. The Morgan fingerprint density at radius 3 is 2.90 bits per heavy atom. The van der Waals surface area contributed by atoms with E-state index in [1.165, 1.54) is 11.0 Å². The molecule has 1 aromatic rings. The molecular weight excluding hydrogens is 280 g/mol. The molecule has 1 aromatic carbocycles. The zero-order chi connectivity index (χ0) is 14.7. The van der Waals surface area contributed by atoms with E-state index in [1.54, 1.807) is 19.1 Å². The Morgan fingerprint density at radius 2 is 2.25 bits per heavy atom. The third kappa shape index (κ3) is 2.88. The third-order valence-corrected chi connectivity index (χ3v) is 3.61. The van der Waals surface area contributed by atoms with E-state index < -0.39 is 6.04 Å². The van der Waals surface area contributed by atoms with Gasteiger partial charge in [0.2, 0.25) is 0 Å². The highest BCUT2D eigenvalue weighted by Gasteiger charge is 2.36. The van der Waals surface area contributed by atoms with Crippen LogP contribution in [-0.4, -0.2) is 36.0 Å². The molecule has 2 rings (SSSR count). The van der Waals surface area contributed by atoms with Crippen molar-refractivity contribution in [3.05, 3.63) is 28.8 Å². The fraction of sp³-hybridized carbons (Fsp3) is 0.429. The van der Waals surface area contributed by atoms with Gasteiger partial charge in [-0.25, -0.2) is 4.79 Å². The maximum Gasteiger partial charge on any atom is 0.328 e. The van der Waals surface area contributed by atoms with Crippen molar-refractivity contribution in [2.75, 3.05) is 18.9 Å². The molecule has 108 valence electrons. The molecule has 1 fully saturated rings. The fourth-order valence-electron chi connectivity index (χ4n) is 2.35. The van der Waals surface area contributed by atoms with E-state index in [9.17, 15) is 9.59 Å². The van der Waals surface area contributed by atoms with Crippen molar-refractivity contribution in [3.8, 4) is 0 Å². The van der Waals surface area contributed by atoms with Crippen LogP contribution < -0.4 is 5.73 Å². The van der Waals surface area contributed by atoms with Crippen molar-refractivity contribution in [2.24, 2.45) is 0 Å². The van der Waals surface area contributed by atoms with Gasteiger partial charge in [-0.2, -0.15) is 0 Å². The molecular formula is C14H17ClN2O3. The molecule has 1 amide bonds. The Bertz CT molecular complexity index is 533. The highest BCUT2D eigenvalue weighted by molar-refractivity contribution is 6.34. The fourth-order valence-corrected chi connectivity index (χ4v) is 2.62. The number of likely N-dealkylation sites (tertiary alicyclic amines) is 1. The van der Waals surface area contributed by atoms with E-state index in [4.69, 9.17) is 22.1 Å². The average Bonchev–Trinajstić information content (AvgIpc) is 2.87. The summed E-state index contributed by atoms with van der Waals surface area (Å²) < 4.78 is 5.01. The molecule has 0 aliphatic carbocycles. The first-order valence-corrected chi connectivity index (χ1v) is 6.95. The van der Waals surface area contributed by atoms with Crippen molar-refractivity contribution >= 4 is 29.2 Å². The summed E-state index contributed by atoms with van der Waals surface area (Å²) in [7, 11) is 0. The molecule has 1 atom stereocenters. The number of nitrogens with two attached hydrogens (primary N) is 1. The first-order chi connectivity index (χ1) is 9.54. The molecule has 6 heteroatoms. The van der Waals surface area contributed by atoms with Crippen LogP contribution in [-0.2, 0) is 9.53 Å². The SMILES string of the molecule is CCOC(=O)C1CCCN1C(=O)c1ccc(N)cc1Cl. The van der Waals surface area contributed by atoms with Gasteiger partial charge in [0, 0.05) is 12.2 Å². The van der Waals surface area contributed by atoms with Crippen molar-refractivity contribution < 1.29 is 14.3 Å². The number of nitrogens with zero attached hydrogens (tertiary/aromatic N) is 1. The molecule has 1 saturated heterocycles. The van der Waals surface area contributed by atoms with Gasteiger partial charge in [0.1, 0.15) is 6.04 Å². The third-order valence-electron chi connectivity index (χ3n) is 3.30. The number of amides is 1. The quantitative estimate of drug-likeness (QED) is 0.685. The summed E-state index contributed by atoms with van der Waals surface area (Å²) in [5.74, 6) is -0.615. The van der Waals surface area contributed by atoms with Gasteiger partial charge in [0.25, 0.3) is 5.91 Å². The zero-order valence-corrected chi connectivity index (χ0v) is 12.0. The molecule has 1 heterocycles. The Balaban J connectivity index is 2.21. The van der Waals surface area contributed by atoms with Crippen LogP contribution in [0.3, 0.4) is 0 Å². The molecule has 1 unspecified atom stereocenters. The number of halogens is 1. The Kier molecular flexibility index (Phi) is 4.49. The van der Waals surface area contributed by atoms with Crippen LogP contribution in [0.2, 0.25) is 5.02 Å². The average molecular weight is 297 g/mol. The molecule has 0 bridgehead atoms. The van der Waals surface area contributed by atoms with E-state index >= 15 is 0 Å². The highest BCUT2D eigenvalue weighted by Crippen LogP contribution is 2.25. The lowest BCUT2D eigenvalue weighted by molar-refractivity contribution is -0.147. The largest absolute Gasteiger partial charge is 0.464 e. The summed E-state index contributed by atoms with van der Waals surface area (Å²) in [4.78, 5) is 25.9. The van der Waals surface area contributed by atoms with Crippen LogP contribution in [0.4, 0.5) is 5.69 Å². The first kappa shape index (κ1) is 14.7. The highest BCUT2D eigenvalue weighted by atomic mass is 35.5. The van der Waals surface area contributed by atoms with Crippen LogP contribution in [0.1, 0.15) is 30.1 Å². The maximum absolute atomic E-state index is 12.5. The Labute approximate surface area is 122 Å². The summed E-state index contributed by atoms with van der Waals surface area (Å²) in [6.45, 7) is 2.58. The van der Waals surface area contributed by atoms with Gasteiger partial charge in [-0.3, -0.25) is 4.79 Å². The molecule has 1 aliphatic heterocycles. The van der Waals surface area contributed by atoms with Crippen molar-refractivity contribution in [2.45, 2.75) is 25.8 Å². The molecule has 5 nitrogen and oxygen atoms in total. The van der Waals surface area contributed by atoms with Gasteiger partial charge in [-0.05, 0) is 38.0 Å². The van der Waals surface area contributed by atoms with E-state index in [-0.39, 0.29) is 11.9 Å². The number of benzene rings is 1. The second kappa shape index (κ2) is 6.13. The second-order valence-corrected chi connectivity index (χ2v) is 5.06. The van der Waals surface area contributed by atoms with Crippen LogP contribution in [0.5, 0.6) is 0 Å². The molecule has 0 radical (unpaired) electrons. The Morgan fingerprint density at radius 1 is 1.50 bits per heavy atom. The topological polar surface area (TPSA) is 72.6 Å². The molecule has 1 aliphatic rings. The molecule has 0 aromatic heterocycles. The van der Waals surface area contributed by atoms with Gasteiger partial charge in [-0.15, -0.1) is 0 Å². The minimum atomic E-state index is -0.518. The number of anilines is 1. The van der Waals surface area contributed by atoms with E-state index in [0.717, 1.165) is 6.42 Å². The van der Waals surface area contributed by atoms with Crippen molar-refractivity contribution in [1.82, 2.24) is 4.90 Å². The minimum absolute atomic E-state index is 0.259. The lowest BCUT2D eigenvalue weighted by atomic mass is 10.1. The van der Waals surface area contributed by atoms with Crippen molar-refractivity contribution in [1.29, 1.82) is 0 Å². The van der Waals surface area contributed by atoms with E-state index in [2.05, 4.69) is 0 Å². The van der Waals surface area contributed by atoms with Crippen LogP contribution in [0.15, 0.2) is 18.2 Å². The summed E-state index contributed by atoms with van der Waals surface area (Å²) in [6, 6.07) is 4.22. The van der Waals surface area contributed by atoms with Gasteiger partial charge in [0.15, 0.2) is 0 Å². The molecule has 2 N–H and O–H groups in total. The maximum atomic E-state index is 12.5. The number of hydrogen-bond acceptors (Lipinski definition) is 4. The lowest BCUT2D eigenvalue weighted by Gasteiger charge is -2.23. The summed E-state index contributed by atoms with van der Waals surface area (Å²) >= 11 is 6.05. The van der Waals surface area contributed by atoms with Gasteiger partial charge in [-0.1, -0.05) is 11.6 Å². The number of rotatable bonds is 3. The number of esters is 1. The van der Waals surface area contributed by atoms with Gasteiger partial charge in [0.05, 0.1) is 17.2 Å². The predicted molar refractivity (Wildman–Crippen MR) is 76.6 cm³/mol. The molecule has 0 saturated carbocycles. The summed E-state index contributed by atoms with van der Waals surface area (Å²) in [5.41, 5.74) is 6.47. The zero-order valence-electron chi connectivity index (χ0n) is 11.3. The lowest BCUT2D eigenvalue weighted by Crippen LogP contribution is -2.41. The summed E-state index contributed by atoms with van der Waals surface area (Å²) in [5, 5.41) is 0.296. The van der Waals surface area contributed by atoms with Crippen LogP contribution in [0, 0.1) is 0 Å². The Hall–Kier alpha value is -1.75. The van der Waals surface area contributed by atoms with Crippen LogP contribution in [0.25, 0.3) is 0 Å². The smallest absolute Gasteiger partial charge is 0.328 e. The minimum Gasteiger partial charge on any atom is -0.464 e. The molecule has 20 heavy (non-hydrogen) atoms. The van der Waals surface area contributed by atoms with E-state index in [0.29, 0.717) is 35.8 Å². The predicted octanol–water partition coefficient (Wildman–Crippen LogP) is 2.09. The number of hydrogen-bond donors (Lipinski definition) is 1.